The third kappa shape index (κ3) is 4.98. The molecule has 0 aromatic heterocycles. The van der Waals surface area contributed by atoms with Crippen molar-refractivity contribution in [2.75, 3.05) is 18.1 Å². The van der Waals surface area contributed by atoms with Crippen LogP contribution in [0.5, 0.6) is 0 Å². The first-order valence-corrected chi connectivity index (χ1v) is 9.04. The molecule has 0 radical (unpaired) electrons. The number of carbonyl (C=O) groups is 1. The Morgan fingerprint density at radius 3 is 2.95 bits per heavy atom. The Balaban J connectivity index is 1.89. The molecule has 2 rings (SSSR count). The predicted octanol–water partition coefficient (Wildman–Crippen LogP) is 1.29. The lowest BCUT2D eigenvalue weighted by atomic mass is 10.1. The third-order valence-corrected chi connectivity index (χ3v) is 5.43. The standard InChI is InChI=1S/C14H19ClN2O3S/c1-10(11-3-2-4-12(15)7-11)17-14(18)8-13-9-21(19,20)6-5-16-13/h2-4,7,10,13,16H,5-6,8-9H2,1H3,(H,17,18)/t10-,13?/m1/s1. The van der Waals surface area contributed by atoms with Crippen molar-refractivity contribution < 1.29 is 13.2 Å². The molecule has 5 nitrogen and oxygen atoms in total. The first-order valence-electron chi connectivity index (χ1n) is 6.84. The lowest BCUT2D eigenvalue weighted by Crippen LogP contribution is -2.47. The van der Waals surface area contributed by atoms with E-state index >= 15 is 0 Å². The van der Waals surface area contributed by atoms with Gasteiger partial charge in [0.15, 0.2) is 9.84 Å². The normalized spacial score (nSPS) is 22.5. The maximum absolute atomic E-state index is 12.0. The highest BCUT2D eigenvalue weighted by molar-refractivity contribution is 7.91. The molecule has 1 aromatic carbocycles. The lowest BCUT2D eigenvalue weighted by Gasteiger charge is -2.24. The van der Waals surface area contributed by atoms with Crippen LogP contribution in [0.1, 0.15) is 24.9 Å². The van der Waals surface area contributed by atoms with Crippen LogP contribution in [-0.2, 0) is 14.6 Å². The molecule has 0 saturated carbocycles. The fourth-order valence-corrected chi connectivity index (χ4v) is 4.02. The van der Waals surface area contributed by atoms with Crippen molar-refractivity contribution in [3.8, 4) is 0 Å². The van der Waals surface area contributed by atoms with Crippen LogP contribution in [0, 0.1) is 0 Å². The second kappa shape index (κ2) is 6.77. The highest BCUT2D eigenvalue weighted by Gasteiger charge is 2.26. The molecule has 1 saturated heterocycles. The number of carbonyl (C=O) groups excluding carboxylic acids is 1. The summed E-state index contributed by atoms with van der Waals surface area (Å²) in [6, 6.07) is 6.81. The SMILES string of the molecule is C[C@@H](NC(=O)CC1CS(=O)(=O)CCN1)c1cccc(Cl)c1. The van der Waals surface area contributed by atoms with Crippen LogP contribution in [0.4, 0.5) is 0 Å². The highest BCUT2D eigenvalue weighted by Crippen LogP contribution is 2.17. The zero-order chi connectivity index (χ0) is 15.5. The largest absolute Gasteiger partial charge is 0.350 e. The number of rotatable bonds is 4. The van der Waals surface area contributed by atoms with E-state index in [1.165, 1.54) is 0 Å². The van der Waals surface area contributed by atoms with Crippen molar-refractivity contribution in [3.63, 3.8) is 0 Å². The molecular formula is C14H19ClN2O3S. The maximum atomic E-state index is 12.0. The van der Waals surface area contributed by atoms with E-state index in [1.54, 1.807) is 12.1 Å². The van der Waals surface area contributed by atoms with Crippen LogP contribution < -0.4 is 10.6 Å². The third-order valence-electron chi connectivity index (χ3n) is 3.46. The molecule has 1 fully saturated rings. The first kappa shape index (κ1) is 16.3. The van der Waals surface area contributed by atoms with Gasteiger partial charge in [0.05, 0.1) is 17.5 Å². The molecule has 1 aliphatic rings. The molecule has 0 spiro atoms. The fourth-order valence-electron chi connectivity index (χ4n) is 2.38. The van der Waals surface area contributed by atoms with Crippen molar-refractivity contribution in [2.45, 2.75) is 25.4 Å². The number of hydrogen-bond acceptors (Lipinski definition) is 4. The highest BCUT2D eigenvalue weighted by atomic mass is 35.5. The molecule has 0 bridgehead atoms. The molecule has 116 valence electrons. The molecule has 2 N–H and O–H groups in total. The number of benzene rings is 1. The quantitative estimate of drug-likeness (QED) is 0.872. The Labute approximate surface area is 130 Å². The Morgan fingerprint density at radius 2 is 2.29 bits per heavy atom. The lowest BCUT2D eigenvalue weighted by molar-refractivity contribution is -0.122. The second-order valence-electron chi connectivity index (χ2n) is 5.31. The number of amides is 1. The van der Waals surface area contributed by atoms with Crippen LogP contribution in [0.15, 0.2) is 24.3 Å². The zero-order valence-electron chi connectivity index (χ0n) is 11.8. The van der Waals surface area contributed by atoms with E-state index in [2.05, 4.69) is 10.6 Å². The van der Waals surface area contributed by atoms with E-state index < -0.39 is 9.84 Å². The molecule has 2 atom stereocenters. The molecule has 1 unspecified atom stereocenters. The first-order chi connectivity index (χ1) is 9.85. The number of hydrogen-bond donors (Lipinski definition) is 2. The van der Waals surface area contributed by atoms with Gasteiger partial charge in [-0.1, -0.05) is 23.7 Å². The topological polar surface area (TPSA) is 75.3 Å². The van der Waals surface area contributed by atoms with Gasteiger partial charge in [-0.3, -0.25) is 4.79 Å². The molecule has 1 amide bonds. The summed E-state index contributed by atoms with van der Waals surface area (Å²) in [7, 11) is -3.02. The van der Waals surface area contributed by atoms with E-state index in [0.717, 1.165) is 5.56 Å². The fraction of sp³-hybridized carbons (Fsp3) is 0.500. The Hall–Kier alpha value is -1.11. The average molecular weight is 331 g/mol. The average Bonchev–Trinajstić information content (AvgIpc) is 2.37. The summed E-state index contributed by atoms with van der Waals surface area (Å²) in [4.78, 5) is 12.0. The van der Waals surface area contributed by atoms with E-state index in [-0.39, 0.29) is 35.9 Å². The smallest absolute Gasteiger partial charge is 0.222 e. The number of nitrogens with one attached hydrogen (secondary N) is 2. The summed E-state index contributed by atoms with van der Waals surface area (Å²) in [5.74, 6) is -0.00667. The van der Waals surface area contributed by atoms with Crippen molar-refractivity contribution in [3.05, 3.63) is 34.9 Å². The van der Waals surface area contributed by atoms with Crippen molar-refractivity contribution in [1.29, 1.82) is 0 Å². The minimum atomic E-state index is -3.02. The summed E-state index contributed by atoms with van der Waals surface area (Å²) in [6.45, 7) is 2.28. The van der Waals surface area contributed by atoms with Gasteiger partial charge >= 0.3 is 0 Å². The zero-order valence-corrected chi connectivity index (χ0v) is 13.4. The Bertz CT molecular complexity index is 618. The molecule has 7 heteroatoms. The summed E-state index contributed by atoms with van der Waals surface area (Å²) in [6.07, 6.45) is 0.157. The number of sulfone groups is 1. The molecule has 1 aromatic rings. The van der Waals surface area contributed by atoms with Crippen molar-refractivity contribution in [2.24, 2.45) is 0 Å². The van der Waals surface area contributed by atoms with Crippen molar-refractivity contribution >= 4 is 27.3 Å². The summed E-state index contributed by atoms with van der Waals surface area (Å²) < 4.78 is 23.1. The van der Waals surface area contributed by atoms with Gasteiger partial charge in [-0.25, -0.2) is 8.42 Å². The minimum Gasteiger partial charge on any atom is -0.350 e. The van der Waals surface area contributed by atoms with Crippen LogP contribution in [-0.4, -0.2) is 38.4 Å². The Morgan fingerprint density at radius 1 is 1.52 bits per heavy atom. The van der Waals surface area contributed by atoms with Gasteiger partial charge in [0, 0.05) is 24.0 Å². The van der Waals surface area contributed by atoms with Crippen LogP contribution >= 0.6 is 11.6 Å². The summed E-state index contributed by atoms with van der Waals surface area (Å²) in [5.41, 5.74) is 0.917. The van der Waals surface area contributed by atoms with E-state index in [9.17, 15) is 13.2 Å². The molecule has 1 aliphatic heterocycles. The van der Waals surface area contributed by atoms with Crippen LogP contribution in [0.2, 0.25) is 5.02 Å². The molecule has 0 aliphatic carbocycles. The summed E-state index contributed by atoms with van der Waals surface area (Å²) in [5, 5.41) is 6.55. The van der Waals surface area contributed by atoms with Gasteiger partial charge in [-0.15, -0.1) is 0 Å². The van der Waals surface area contributed by atoms with E-state index in [1.807, 2.05) is 19.1 Å². The van der Waals surface area contributed by atoms with Gasteiger partial charge in [0.25, 0.3) is 0 Å². The maximum Gasteiger partial charge on any atom is 0.222 e. The van der Waals surface area contributed by atoms with Crippen molar-refractivity contribution in [1.82, 2.24) is 10.6 Å². The van der Waals surface area contributed by atoms with E-state index in [0.29, 0.717) is 11.6 Å². The summed E-state index contributed by atoms with van der Waals surface area (Å²) >= 11 is 5.92. The van der Waals surface area contributed by atoms with Crippen LogP contribution in [0.25, 0.3) is 0 Å². The second-order valence-corrected chi connectivity index (χ2v) is 7.98. The van der Waals surface area contributed by atoms with E-state index in [4.69, 9.17) is 11.6 Å². The molecule has 21 heavy (non-hydrogen) atoms. The van der Waals surface area contributed by atoms with Crippen LogP contribution in [0.3, 0.4) is 0 Å². The molecule has 1 heterocycles. The van der Waals surface area contributed by atoms with Gasteiger partial charge in [0.2, 0.25) is 5.91 Å². The molecular weight excluding hydrogens is 312 g/mol. The monoisotopic (exact) mass is 330 g/mol. The number of halogens is 1. The predicted molar refractivity (Wildman–Crippen MR) is 83.1 cm³/mol. The van der Waals surface area contributed by atoms with Gasteiger partial charge < -0.3 is 10.6 Å². The van der Waals surface area contributed by atoms with Gasteiger partial charge in [-0.2, -0.15) is 0 Å². The van der Waals surface area contributed by atoms with Gasteiger partial charge in [0.1, 0.15) is 0 Å². The Kier molecular flexibility index (Phi) is 5.24. The van der Waals surface area contributed by atoms with Gasteiger partial charge in [-0.05, 0) is 24.6 Å². The minimum absolute atomic E-state index is 0.0198.